The molecule has 0 heterocycles. The molecule has 5 heteroatoms. The Morgan fingerprint density at radius 1 is 1.12 bits per heavy atom. The monoisotopic (exact) mass is 262 g/mol. The molecule has 92 valence electrons. The second-order valence-corrected chi connectivity index (χ2v) is 13.6. The van der Waals surface area contributed by atoms with Gasteiger partial charge in [0, 0.05) is 0 Å². The van der Waals surface area contributed by atoms with Crippen molar-refractivity contribution >= 4 is 16.9 Å². The fraction of sp³-hybridized carbons (Fsp3) is 0.455. The molecule has 0 amide bonds. The Balaban J connectivity index is 2.93. The van der Waals surface area contributed by atoms with Crippen LogP contribution in [-0.4, -0.2) is 34.7 Å². The minimum absolute atomic E-state index is 0.666. The molecule has 0 aliphatic carbocycles. The van der Waals surface area contributed by atoms with Crippen molar-refractivity contribution < 1.29 is 12.4 Å². The molecule has 0 spiro atoms. The van der Waals surface area contributed by atoms with Crippen LogP contribution in [0.5, 0.6) is 0 Å². The van der Waals surface area contributed by atoms with Crippen LogP contribution in [0.15, 0.2) is 30.3 Å². The molecule has 16 heavy (non-hydrogen) atoms. The van der Waals surface area contributed by atoms with Gasteiger partial charge in [-0.3, -0.25) is 0 Å². The number of benzene rings is 1. The summed E-state index contributed by atoms with van der Waals surface area (Å²) in [6.45, 7) is 3.11. The van der Waals surface area contributed by atoms with Crippen molar-refractivity contribution in [3.63, 3.8) is 0 Å². The summed E-state index contributed by atoms with van der Waals surface area (Å²) < 4.78 is 27.8. The Bertz CT molecular complexity index is 457. The van der Waals surface area contributed by atoms with E-state index in [0.29, 0.717) is 6.16 Å². The average Bonchev–Trinajstić information content (AvgIpc) is 1.97. The second-order valence-electron chi connectivity index (χ2n) is 5.39. The first-order valence-electron chi connectivity index (χ1n) is 5.01. The van der Waals surface area contributed by atoms with Gasteiger partial charge in [-0.15, -0.1) is 0 Å². The molecule has 0 radical (unpaired) electrons. The molecule has 0 bridgehead atoms. The topological polar surface area (TPSA) is 43.4 Å². The standard InChI is InChI=1S/C11H19O3PS/c1-15(2,3,14-16(4,12)13)10-11-8-6-5-7-9-11/h5-9H,10H2,1-4H3. The summed E-state index contributed by atoms with van der Waals surface area (Å²) in [4.78, 5) is 0. The molecule has 0 N–H and O–H groups in total. The normalized spacial score (nSPS) is 15.4. The zero-order valence-corrected chi connectivity index (χ0v) is 11.9. The molecule has 0 aliphatic rings. The van der Waals surface area contributed by atoms with Crippen molar-refractivity contribution in [1.82, 2.24) is 0 Å². The molecule has 0 saturated carbocycles. The first-order valence-corrected chi connectivity index (χ1v) is 10.5. The SMILES string of the molecule is CS(=O)(=O)OP(C)(C)(C)Cc1ccccc1. The van der Waals surface area contributed by atoms with Gasteiger partial charge in [-0.1, -0.05) is 0 Å². The van der Waals surface area contributed by atoms with Crippen molar-refractivity contribution in [3.8, 4) is 0 Å². The van der Waals surface area contributed by atoms with E-state index < -0.39 is 16.9 Å². The average molecular weight is 262 g/mol. The van der Waals surface area contributed by atoms with Gasteiger partial charge in [-0.05, 0) is 0 Å². The van der Waals surface area contributed by atoms with Gasteiger partial charge >= 0.3 is 97.6 Å². The van der Waals surface area contributed by atoms with E-state index >= 15 is 0 Å². The van der Waals surface area contributed by atoms with Gasteiger partial charge in [-0.25, -0.2) is 0 Å². The zero-order valence-electron chi connectivity index (χ0n) is 10.2. The quantitative estimate of drug-likeness (QED) is 0.783. The maximum absolute atomic E-state index is 11.3. The fourth-order valence-electron chi connectivity index (χ4n) is 1.73. The second kappa shape index (κ2) is 4.10. The van der Waals surface area contributed by atoms with E-state index in [4.69, 9.17) is 3.97 Å². The van der Waals surface area contributed by atoms with Gasteiger partial charge in [-0.2, -0.15) is 0 Å². The third-order valence-electron chi connectivity index (χ3n) is 1.98. The molecule has 0 unspecified atom stereocenters. The van der Waals surface area contributed by atoms with Crippen molar-refractivity contribution in [1.29, 1.82) is 0 Å². The van der Waals surface area contributed by atoms with Gasteiger partial charge in [0.25, 0.3) is 0 Å². The Morgan fingerprint density at radius 2 is 1.62 bits per heavy atom. The predicted molar refractivity (Wildman–Crippen MR) is 70.8 cm³/mol. The van der Waals surface area contributed by atoms with Crippen LogP contribution < -0.4 is 0 Å². The molecule has 0 aliphatic heterocycles. The summed E-state index contributed by atoms with van der Waals surface area (Å²) in [6.07, 6.45) is 1.77. The molecule has 3 nitrogen and oxygen atoms in total. The summed E-state index contributed by atoms with van der Waals surface area (Å²) in [7, 11) is -3.40. The summed E-state index contributed by atoms with van der Waals surface area (Å²) in [5.74, 6) is 0. The van der Waals surface area contributed by atoms with Crippen LogP contribution in [0.3, 0.4) is 0 Å². The molecule has 0 atom stereocenters. The van der Waals surface area contributed by atoms with E-state index in [1.165, 1.54) is 0 Å². The molecule has 0 saturated heterocycles. The third kappa shape index (κ3) is 5.06. The van der Waals surface area contributed by atoms with E-state index in [9.17, 15) is 8.42 Å². The van der Waals surface area contributed by atoms with Crippen molar-refractivity contribution in [2.45, 2.75) is 6.16 Å². The Labute approximate surface area is 98.0 Å². The number of hydrogen-bond donors (Lipinski definition) is 0. The molecule has 1 rings (SSSR count). The number of rotatable bonds is 4. The van der Waals surface area contributed by atoms with Gasteiger partial charge in [0.2, 0.25) is 0 Å². The number of hydrogen-bond acceptors (Lipinski definition) is 3. The molecule has 0 aromatic heterocycles. The summed E-state index contributed by atoms with van der Waals surface area (Å²) >= 11 is 0. The van der Waals surface area contributed by atoms with Crippen LogP contribution >= 0.6 is 6.83 Å². The first-order chi connectivity index (χ1) is 7.05. The van der Waals surface area contributed by atoms with Crippen molar-refractivity contribution in [3.05, 3.63) is 35.9 Å². The van der Waals surface area contributed by atoms with E-state index in [1.807, 2.05) is 50.3 Å². The van der Waals surface area contributed by atoms with Crippen molar-refractivity contribution in [2.24, 2.45) is 0 Å². The Hall–Kier alpha value is -0.440. The van der Waals surface area contributed by atoms with E-state index in [2.05, 4.69) is 0 Å². The third-order valence-corrected chi connectivity index (χ3v) is 6.71. The van der Waals surface area contributed by atoms with E-state index in [1.54, 1.807) is 0 Å². The molecular weight excluding hydrogens is 243 g/mol. The van der Waals surface area contributed by atoms with Crippen molar-refractivity contribution in [2.75, 3.05) is 26.3 Å². The fourth-order valence-corrected chi connectivity index (χ4v) is 7.42. The van der Waals surface area contributed by atoms with Crippen LogP contribution in [0, 0.1) is 0 Å². The van der Waals surface area contributed by atoms with Gasteiger partial charge in [0.05, 0.1) is 0 Å². The predicted octanol–water partition coefficient (Wildman–Crippen LogP) is 2.52. The summed E-state index contributed by atoms with van der Waals surface area (Å²) in [6, 6.07) is 9.81. The zero-order chi connectivity index (χ0) is 12.5. The van der Waals surface area contributed by atoms with E-state index in [-0.39, 0.29) is 0 Å². The molecule has 1 aromatic carbocycles. The maximum atomic E-state index is 11.3. The van der Waals surface area contributed by atoms with Crippen LogP contribution in [-0.2, 0) is 20.3 Å². The molecule has 0 fully saturated rings. The Morgan fingerprint density at radius 3 is 2.06 bits per heavy atom. The van der Waals surface area contributed by atoms with Gasteiger partial charge in [0.1, 0.15) is 0 Å². The summed E-state index contributed by atoms with van der Waals surface area (Å²) in [5, 5.41) is 0. The van der Waals surface area contributed by atoms with Crippen LogP contribution in [0.25, 0.3) is 0 Å². The Kier molecular flexibility index (Phi) is 3.49. The summed E-state index contributed by atoms with van der Waals surface area (Å²) in [5.41, 5.74) is 1.11. The molecule has 1 aromatic rings. The van der Waals surface area contributed by atoms with Gasteiger partial charge < -0.3 is 0 Å². The van der Waals surface area contributed by atoms with E-state index in [0.717, 1.165) is 11.8 Å². The van der Waals surface area contributed by atoms with Crippen LogP contribution in [0.2, 0.25) is 0 Å². The minimum atomic E-state index is -3.40. The van der Waals surface area contributed by atoms with Gasteiger partial charge in [0.15, 0.2) is 0 Å². The van der Waals surface area contributed by atoms with Crippen LogP contribution in [0.4, 0.5) is 0 Å². The molecular formula is C11H19O3PS. The first kappa shape index (κ1) is 13.6. The van der Waals surface area contributed by atoms with Crippen LogP contribution in [0.1, 0.15) is 5.56 Å².